The molecule has 0 aliphatic carbocycles. The van der Waals surface area contributed by atoms with Crippen LogP contribution in [0.3, 0.4) is 0 Å². The van der Waals surface area contributed by atoms with E-state index in [-0.39, 0.29) is 24.2 Å². The van der Waals surface area contributed by atoms with E-state index in [0.29, 0.717) is 13.0 Å². The lowest BCUT2D eigenvalue weighted by Gasteiger charge is -2.28. The maximum Gasteiger partial charge on any atom is 0.216 e. The van der Waals surface area contributed by atoms with Crippen LogP contribution < -0.4 is 0 Å². The van der Waals surface area contributed by atoms with Gasteiger partial charge in [0.1, 0.15) is 5.78 Å². The van der Waals surface area contributed by atoms with Gasteiger partial charge in [0.15, 0.2) is 0 Å². The van der Waals surface area contributed by atoms with Crippen LogP contribution >= 0.6 is 0 Å². The molecule has 1 fully saturated rings. The molecule has 0 spiro atoms. The van der Waals surface area contributed by atoms with E-state index in [9.17, 15) is 13.2 Å². The molecule has 6 heteroatoms. The molecule has 106 valence electrons. The number of hydrogen-bond acceptors (Lipinski definition) is 4. The molecule has 1 saturated heterocycles. The summed E-state index contributed by atoms with van der Waals surface area (Å²) >= 11 is 0. The summed E-state index contributed by atoms with van der Waals surface area (Å²) in [7, 11) is -1.82. The molecule has 0 bridgehead atoms. The van der Waals surface area contributed by atoms with E-state index in [4.69, 9.17) is 4.74 Å². The maximum absolute atomic E-state index is 12.2. The summed E-state index contributed by atoms with van der Waals surface area (Å²) in [6.45, 7) is 2.25. The third-order valence-corrected chi connectivity index (χ3v) is 5.13. The lowest BCUT2D eigenvalue weighted by atomic mass is 10.1. The van der Waals surface area contributed by atoms with Crippen LogP contribution in [0.1, 0.15) is 39.0 Å². The monoisotopic (exact) mass is 277 g/mol. The summed E-state index contributed by atoms with van der Waals surface area (Å²) in [5.74, 6) is 0.0478. The molecular weight excluding hydrogens is 254 g/mol. The summed E-state index contributed by atoms with van der Waals surface area (Å²) in [6.07, 6.45) is 4.01. The van der Waals surface area contributed by atoms with Crippen molar-refractivity contribution in [1.82, 2.24) is 4.31 Å². The van der Waals surface area contributed by atoms with Crippen LogP contribution in [0.4, 0.5) is 0 Å². The van der Waals surface area contributed by atoms with Gasteiger partial charge in [-0.05, 0) is 19.8 Å². The largest absolute Gasteiger partial charge is 0.384 e. The summed E-state index contributed by atoms with van der Waals surface area (Å²) in [4.78, 5) is 11.3. The Kier molecular flexibility index (Phi) is 6.25. The van der Waals surface area contributed by atoms with E-state index in [2.05, 4.69) is 0 Å². The first-order valence-electron chi connectivity index (χ1n) is 6.45. The lowest BCUT2D eigenvalue weighted by Crippen LogP contribution is -2.42. The smallest absolute Gasteiger partial charge is 0.216 e. The Balaban J connectivity index is 2.80. The van der Waals surface area contributed by atoms with E-state index >= 15 is 0 Å². The third-order valence-electron chi connectivity index (χ3n) is 3.25. The van der Waals surface area contributed by atoms with Crippen molar-refractivity contribution in [1.29, 1.82) is 0 Å². The molecule has 0 aromatic rings. The Hall–Kier alpha value is -0.460. The first-order valence-corrected chi connectivity index (χ1v) is 8.06. The lowest BCUT2D eigenvalue weighted by molar-refractivity contribution is -0.117. The third kappa shape index (κ3) is 4.66. The van der Waals surface area contributed by atoms with Crippen molar-refractivity contribution >= 4 is 15.8 Å². The molecule has 1 aliphatic rings. The summed E-state index contributed by atoms with van der Waals surface area (Å²) < 4.78 is 30.8. The second-order valence-corrected chi connectivity index (χ2v) is 6.87. The van der Waals surface area contributed by atoms with Crippen LogP contribution in [-0.2, 0) is 19.6 Å². The SMILES string of the molecule is COCCS(=O)(=O)N1CCCCCC1CC(C)=O. The highest BCUT2D eigenvalue weighted by Gasteiger charge is 2.31. The Morgan fingerprint density at radius 3 is 2.67 bits per heavy atom. The van der Waals surface area contributed by atoms with Gasteiger partial charge in [-0.2, -0.15) is 4.31 Å². The molecule has 1 unspecified atom stereocenters. The molecule has 1 aliphatic heterocycles. The predicted molar refractivity (Wildman–Crippen MR) is 69.9 cm³/mol. The van der Waals surface area contributed by atoms with Crippen LogP contribution in [0.15, 0.2) is 0 Å². The van der Waals surface area contributed by atoms with Crippen molar-refractivity contribution in [3.8, 4) is 0 Å². The van der Waals surface area contributed by atoms with Crippen molar-refractivity contribution < 1.29 is 17.9 Å². The summed E-state index contributed by atoms with van der Waals surface area (Å²) in [5.41, 5.74) is 0. The molecule has 1 rings (SSSR count). The summed E-state index contributed by atoms with van der Waals surface area (Å²) in [5, 5.41) is 0. The molecule has 1 atom stereocenters. The number of nitrogens with zero attached hydrogens (tertiary/aromatic N) is 1. The van der Waals surface area contributed by atoms with Crippen molar-refractivity contribution in [3.63, 3.8) is 0 Å². The van der Waals surface area contributed by atoms with Crippen LogP contribution in [-0.4, -0.2) is 50.6 Å². The highest BCUT2D eigenvalue weighted by atomic mass is 32.2. The number of hydrogen-bond donors (Lipinski definition) is 0. The van der Waals surface area contributed by atoms with E-state index in [1.165, 1.54) is 18.3 Å². The standard InChI is InChI=1S/C12H23NO4S/c1-11(14)10-12-6-4-3-5-7-13(12)18(15,16)9-8-17-2/h12H,3-10H2,1-2H3. The van der Waals surface area contributed by atoms with Gasteiger partial charge in [0.25, 0.3) is 0 Å². The molecule has 0 aromatic carbocycles. The van der Waals surface area contributed by atoms with Crippen molar-refractivity contribution in [2.75, 3.05) is 26.0 Å². The molecule has 0 aromatic heterocycles. The minimum Gasteiger partial charge on any atom is -0.384 e. The summed E-state index contributed by atoms with van der Waals surface area (Å²) in [6, 6.07) is -0.160. The molecule has 1 heterocycles. The number of carbonyl (C=O) groups is 1. The Morgan fingerprint density at radius 1 is 1.33 bits per heavy atom. The second-order valence-electron chi connectivity index (χ2n) is 4.83. The van der Waals surface area contributed by atoms with Gasteiger partial charge >= 0.3 is 0 Å². The average Bonchev–Trinajstić information content (AvgIpc) is 2.51. The van der Waals surface area contributed by atoms with Crippen molar-refractivity contribution in [2.24, 2.45) is 0 Å². The number of ketones is 1. The molecule has 0 saturated carbocycles. The quantitative estimate of drug-likeness (QED) is 0.731. The first kappa shape index (κ1) is 15.6. The van der Waals surface area contributed by atoms with Gasteiger partial charge in [0.2, 0.25) is 10.0 Å². The van der Waals surface area contributed by atoms with E-state index in [1.807, 2.05) is 0 Å². The predicted octanol–water partition coefficient (Wildman–Crippen LogP) is 1.19. The number of Topliss-reactive ketones (excluding diaryl/α,β-unsaturated/α-hetero) is 1. The van der Waals surface area contributed by atoms with E-state index < -0.39 is 10.0 Å². The van der Waals surface area contributed by atoms with Crippen molar-refractivity contribution in [3.05, 3.63) is 0 Å². The van der Waals surface area contributed by atoms with Gasteiger partial charge in [-0.15, -0.1) is 0 Å². The number of sulfonamides is 1. The fourth-order valence-corrected chi connectivity index (χ4v) is 4.01. The number of ether oxygens (including phenoxy) is 1. The minimum absolute atomic E-state index is 0.00208. The van der Waals surface area contributed by atoms with Gasteiger partial charge in [-0.1, -0.05) is 12.8 Å². The fraction of sp³-hybridized carbons (Fsp3) is 0.917. The highest BCUT2D eigenvalue weighted by molar-refractivity contribution is 7.89. The molecule has 5 nitrogen and oxygen atoms in total. The number of rotatable bonds is 6. The molecule has 0 amide bonds. The molecular formula is C12H23NO4S. The maximum atomic E-state index is 12.2. The van der Waals surface area contributed by atoms with Crippen LogP contribution in [0, 0.1) is 0 Å². The van der Waals surface area contributed by atoms with Gasteiger partial charge in [-0.25, -0.2) is 8.42 Å². The second kappa shape index (κ2) is 7.21. The Morgan fingerprint density at radius 2 is 2.06 bits per heavy atom. The van der Waals surface area contributed by atoms with Crippen LogP contribution in [0.2, 0.25) is 0 Å². The number of carbonyl (C=O) groups excluding carboxylic acids is 1. The first-order chi connectivity index (χ1) is 8.47. The zero-order valence-corrected chi connectivity index (χ0v) is 12.0. The molecule has 0 N–H and O–H groups in total. The highest BCUT2D eigenvalue weighted by Crippen LogP contribution is 2.22. The van der Waals surface area contributed by atoms with Crippen molar-refractivity contribution in [2.45, 2.75) is 45.1 Å². The van der Waals surface area contributed by atoms with Crippen LogP contribution in [0.25, 0.3) is 0 Å². The zero-order chi connectivity index (χ0) is 13.6. The normalized spacial score (nSPS) is 22.7. The van der Waals surface area contributed by atoms with E-state index in [1.54, 1.807) is 0 Å². The Bertz CT molecular complexity index is 366. The van der Waals surface area contributed by atoms with E-state index in [0.717, 1.165) is 25.7 Å². The minimum atomic E-state index is -3.31. The average molecular weight is 277 g/mol. The van der Waals surface area contributed by atoms with Gasteiger partial charge in [0.05, 0.1) is 12.4 Å². The zero-order valence-electron chi connectivity index (χ0n) is 11.2. The number of methoxy groups -OCH3 is 1. The molecule has 0 radical (unpaired) electrons. The van der Waals surface area contributed by atoms with Gasteiger partial charge < -0.3 is 4.74 Å². The molecule has 18 heavy (non-hydrogen) atoms. The fourth-order valence-electron chi connectivity index (χ4n) is 2.36. The Labute approximate surface area is 110 Å². The van der Waals surface area contributed by atoms with Gasteiger partial charge in [-0.3, -0.25) is 4.79 Å². The van der Waals surface area contributed by atoms with Gasteiger partial charge in [0, 0.05) is 26.1 Å². The van der Waals surface area contributed by atoms with Crippen LogP contribution in [0.5, 0.6) is 0 Å². The topological polar surface area (TPSA) is 63.7 Å².